The predicted molar refractivity (Wildman–Crippen MR) is 76.5 cm³/mol. The highest BCUT2D eigenvalue weighted by atomic mass is 32.1. The lowest BCUT2D eigenvalue weighted by Crippen LogP contribution is -2.17. The highest BCUT2D eigenvalue weighted by molar-refractivity contribution is 7.09. The first kappa shape index (κ1) is 12.6. The smallest absolute Gasteiger partial charge is 0.205 e. The van der Waals surface area contributed by atoms with Gasteiger partial charge in [0.05, 0.1) is 6.61 Å². The van der Waals surface area contributed by atoms with Gasteiger partial charge in [-0.2, -0.15) is 4.37 Å². The van der Waals surface area contributed by atoms with E-state index in [0.717, 1.165) is 41.6 Å². The molecule has 2 heterocycles. The van der Waals surface area contributed by atoms with Gasteiger partial charge in [0.15, 0.2) is 0 Å². The Bertz CT molecular complexity index is 549. The molecule has 2 aromatic rings. The summed E-state index contributed by atoms with van der Waals surface area (Å²) in [6.45, 7) is 2.29. The summed E-state index contributed by atoms with van der Waals surface area (Å²) in [5.41, 5.74) is 2.09. The van der Waals surface area contributed by atoms with E-state index in [1.54, 1.807) is 0 Å². The fraction of sp³-hybridized carbons (Fsp3) is 0.429. The minimum absolute atomic E-state index is 0.0807. The Morgan fingerprint density at radius 2 is 2.00 bits per heavy atom. The average molecular weight is 275 g/mol. The van der Waals surface area contributed by atoms with Gasteiger partial charge in [-0.15, -0.1) is 0 Å². The second kappa shape index (κ2) is 5.67. The summed E-state index contributed by atoms with van der Waals surface area (Å²) in [7, 11) is 0. The van der Waals surface area contributed by atoms with E-state index in [2.05, 4.69) is 20.3 Å². The SMILES string of the molecule is OCc1cccc(Cc2nsc(N3CCCC3)n2)c1. The van der Waals surface area contributed by atoms with Crippen molar-refractivity contribution in [1.82, 2.24) is 9.36 Å². The minimum atomic E-state index is 0.0807. The molecule has 1 saturated heterocycles. The molecule has 19 heavy (non-hydrogen) atoms. The van der Waals surface area contributed by atoms with Crippen molar-refractivity contribution in [2.24, 2.45) is 0 Å². The number of aliphatic hydroxyl groups is 1. The third-order valence-electron chi connectivity index (χ3n) is 3.37. The molecule has 1 aliphatic heterocycles. The molecule has 0 saturated carbocycles. The van der Waals surface area contributed by atoms with Crippen LogP contribution in [0.5, 0.6) is 0 Å². The Labute approximate surface area is 116 Å². The van der Waals surface area contributed by atoms with Crippen molar-refractivity contribution in [3.05, 3.63) is 41.2 Å². The maximum atomic E-state index is 9.14. The number of benzene rings is 1. The Hall–Kier alpha value is -1.46. The molecule has 1 aliphatic rings. The van der Waals surface area contributed by atoms with Crippen molar-refractivity contribution in [2.45, 2.75) is 25.9 Å². The van der Waals surface area contributed by atoms with E-state index in [0.29, 0.717) is 0 Å². The molecule has 0 atom stereocenters. The first-order valence-electron chi connectivity index (χ1n) is 6.61. The first-order chi connectivity index (χ1) is 9.35. The maximum absolute atomic E-state index is 9.14. The summed E-state index contributed by atoms with van der Waals surface area (Å²) < 4.78 is 4.44. The molecule has 4 nitrogen and oxygen atoms in total. The maximum Gasteiger partial charge on any atom is 0.205 e. The second-order valence-electron chi connectivity index (χ2n) is 4.84. The van der Waals surface area contributed by atoms with Gasteiger partial charge >= 0.3 is 0 Å². The number of hydrogen-bond donors (Lipinski definition) is 1. The number of aromatic nitrogens is 2. The Morgan fingerprint density at radius 3 is 2.79 bits per heavy atom. The fourth-order valence-corrected chi connectivity index (χ4v) is 3.11. The third-order valence-corrected chi connectivity index (χ3v) is 4.18. The molecule has 5 heteroatoms. The van der Waals surface area contributed by atoms with Crippen LogP contribution in [-0.2, 0) is 13.0 Å². The zero-order chi connectivity index (χ0) is 13.1. The van der Waals surface area contributed by atoms with Crippen LogP contribution < -0.4 is 4.90 Å². The first-order valence-corrected chi connectivity index (χ1v) is 7.39. The van der Waals surface area contributed by atoms with Crippen LogP contribution in [0.1, 0.15) is 29.8 Å². The van der Waals surface area contributed by atoms with Gasteiger partial charge in [0, 0.05) is 31.0 Å². The topological polar surface area (TPSA) is 49.3 Å². The third kappa shape index (κ3) is 2.93. The van der Waals surface area contributed by atoms with Gasteiger partial charge in [-0.25, -0.2) is 4.98 Å². The molecule has 1 fully saturated rings. The van der Waals surface area contributed by atoms with Crippen LogP contribution in [0.4, 0.5) is 5.13 Å². The van der Waals surface area contributed by atoms with Crippen molar-refractivity contribution >= 4 is 16.7 Å². The predicted octanol–water partition coefficient (Wildman–Crippen LogP) is 2.22. The van der Waals surface area contributed by atoms with Crippen LogP contribution >= 0.6 is 11.5 Å². The Kier molecular flexibility index (Phi) is 3.75. The monoisotopic (exact) mass is 275 g/mol. The van der Waals surface area contributed by atoms with Gasteiger partial charge in [-0.05, 0) is 24.0 Å². The summed E-state index contributed by atoms with van der Waals surface area (Å²) in [4.78, 5) is 6.92. The van der Waals surface area contributed by atoms with Crippen LogP contribution in [-0.4, -0.2) is 27.6 Å². The van der Waals surface area contributed by atoms with Crippen molar-refractivity contribution < 1.29 is 5.11 Å². The molecule has 0 aliphatic carbocycles. The van der Waals surface area contributed by atoms with Gasteiger partial charge in [-0.1, -0.05) is 24.3 Å². The lowest BCUT2D eigenvalue weighted by molar-refractivity contribution is 0.281. The van der Waals surface area contributed by atoms with Crippen molar-refractivity contribution in [2.75, 3.05) is 18.0 Å². The highest BCUT2D eigenvalue weighted by Crippen LogP contribution is 2.23. The van der Waals surface area contributed by atoms with Crippen LogP contribution in [0, 0.1) is 0 Å². The summed E-state index contributed by atoms with van der Waals surface area (Å²) in [5, 5.41) is 10.2. The molecular weight excluding hydrogens is 258 g/mol. The van der Waals surface area contributed by atoms with Gasteiger partial charge in [0.25, 0.3) is 0 Å². The van der Waals surface area contributed by atoms with E-state index >= 15 is 0 Å². The summed E-state index contributed by atoms with van der Waals surface area (Å²) in [6.07, 6.45) is 3.25. The Balaban J connectivity index is 1.72. The number of nitrogens with zero attached hydrogens (tertiary/aromatic N) is 3. The highest BCUT2D eigenvalue weighted by Gasteiger charge is 2.16. The molecule has 0 bridgehead atoms. The van der Waals surface area contributed by atoms with Gasteiger partial charge < -0.3 is 10.0 Å². The van der Waals surface area contributed by atoms with Crippen molar-refractivity contribution in [1.29, 1.82) is 0 Å². The van der Waals surface area contributed by atoms with Crippen LogP contribution in [0.2, 0.25) is 0 Å². The van der Waals surface area contributed by atoms with E-state index in [1.165, 1.54) is 24.4 Å². The standard InChI is InChI=1S/C14H17N3OS/c18-10-12-5-3-4-11(8-12)9-13-15-14(19-16-13)17-6-1-2-7-17/h3-5,8,18H,1-2,6-7,9-10H2. The van der Waals surface area contributed by atoms with Gasteiger partial charge in [0.1, 0.15) is 5.82 Å². The zero-order valence-corrected chi connectivity index (χ0v) is 11.6. The second-order valence-corrected chi connectivity index (χ2v) is 5.57. The molecular formula is C14H17N3OS. The van der Waals surface area contributed by atoms with Crippen molar-refractivity contribution in [3.8, 4) is 0 Å². The molecule has 0 unspecified atom stereocenters. The number of hydrogen-bond acceptors (Lipinski definition) is 5. The van der Waals surface area contributed by atoms with E-state index in [1.807, 2.05) is 18.2 Å². The summed E-state index contributed by atoms with van der Waals surface area (Å²) >= 11 is 1.49. The quantitative estimate of drug-likeness (QED) is 0.929. The average Bonchev–Trinajstić information content (AvgIpc) is 3.09. The summed E-state index contributed by atoms with van der Waals surface area (Å²) in [6, 6.07) is 7.95. The Morgan fingerprint density at radius 1 is 1.21 bits per heavy atom. The lowest BCUT2D eigenvalue weighted by atomic mass is 10.1. The largest absolute Gasteiger partial charge is 0.392 e. The van der Waals surface area contributed by atoms with Gasteiger partial charge in [0.2, 0.25) is 5.13 Å². The van der Waals surface area contributed by atoms with Crippen LogP contribution in [0.3, 0.4) is 0 Å². The van der Waals surface area contributed by atoms with Crippen molar-refractivity contribution in [3.63, 3.8) is 0 Å². The zero-order valence-electron chi connectivity index (χ0n) is 10.7. The molecule has 0 radical (unpaired) electrons. The van der Waals surface area contributed by atoms with Crippen LogP contribution in [0.25, 0.3) is 0 Å². The van der Waals surface area contributed by atoms with E-state index in [9.17, 15) is 0 Å². The molecule has 0 amide bonds. The summed E-state index contributed by atoms with van der Waals surface area (Å²) in [5.74, 6) is 0.877. The minimum Gasteiger partial charge on any atom is -0.392 e. The number of rotatable bonds is 4. The molecule has 100 valence electrons. The molecule has 3 rings (SSSR count). The normalized spacial score (nSPS) is 15.1. The lowest BCUT2D eigenvalue weighted by Gasteiger charge is -2.11. The van der Waals surface area contributed by atoms with E-state index < -0.39 is 0 Å². The van der Waals surface area contributed by atoms with Gasteiger partial charge in [-0.3, -0.25) is 0 Å². The molecule has 1 aromatic heterocycles. The van der Waals surface area contributed by atoms with E-state index in [4.69, 9.17) is 5.11 Å². The van der Waals surface area contributed by atoms with E-state index in [-0.39, 0.29) is 6.61 Å². The molecule has 1 aromatic carbocycles. The number of aliphatic hydroxyl groups excluding tert-OH is 1. The fourth-order valence-electron chi connectivity index (χ4n) is 2.37. The molecule has 0 spiro atoms. The number of anilines is 1. The molecule has 1 N–H and O–H groups in total. The van der Waals surface area contributed by atoms with Crippen LogP contribution in [0.15, 0.2) is 24.3 Å².